The van der Waals surface area contributed by atoms with Crippen LogP contribution in [-0.2, 0) is 4.79 Å². The SMILES string of the molecule is O=CN1CCCCC1.c1ccc2cnccc2c1. The van der Waals surface area contributed by atoms with Crippen molar-refractivity contribution in [3.05, 3.63) is 42.7 Å². The highest BCUT2D eigenvalue weighted by molar-refractivity contribution is 5.80. The molecule has 1 amide bonds. The summed E-state index contributed by atoms with van der Waals surface area (Å²) in [7, 11) is 0. The molecule has 1 aromatic carbocycles. The minimum atomic E-state index is 0.944. The number of nitrogens with zero attached hydrogens (tertiary/aromatic N) is 2. The number of amides is 1. The van der Waals surface area contributed by atoms with Gasteiger partial charge in [-0.3, -0.25) is 9.78 Å². The van der Waals surface area contributed by atoms with Gasteiger partial charge in [0.25, 0.3) is 0 Å². The average molecular weight is 242 g/mol. The molecule has 0 atom stereocenters. The number of carbonyl (C=O) groups is 1. The Bertz CT molecular complexity index is 427. The van der Waals surface area contributed by atoms with Crippen LogP contribution in [0.4, 0.5) is 0 Å². The van der Waals surface area contributed by atoms with Gasteiger partial charge in [-0.1, -0.05) is 24.3 Å². The maximum Gasteiger partial charge on any atom is 0.209 e. The fraction of sp³-hybridized carbons (Fsp3) is 0.333. The standard InChI is InChI=1S/C9H7N.C6H11NO/c1-2-4-9-7-10-6-5-8(9)3-1;8-6-7-4-2-1-3-5-7/h1-7H;6H,1-5H2. The Balaban J connectivity index is 0.000000138. The highest BCUT2D eigenvalue weighted by atomic mass is 16.1. The first kappa shape index (κ1) is 12.6. The Labute approximate surface area is 107 Å². The first-order valence-corrected chi connectivity index (χ1v) is 6.38. The molecule has 0 aliphatic carbocycles. The third kappa shape index (κ3) is 3.55. The van der Waals surface area contributed by atoms with Crippen molar-refractivity contribution in [1.82, 2.24) is 9.88 Å². The molecule has 2 heterocycles. The lowest BCUT2D eigenvalue weighted by atomic mass is 10.1. The second-order valence-corrected chi connectivity index (χ2v) is 4.42. The van der Waals surface area contributed by atoms with Crippen molar-refractivity contribution in [3.63, 3.8) is 0 Å². The topological polar surface area (TPSA) is 33.2 Å². The van der Waals surface area contributed by atoms with E-state index < -0.39 is 0 Å². The third-order valence-corrected chi connectivity index (χ3v) is 3.09. The zero-order valence-electron chi connectivity index (χ0n) is 10.5. The summed E-state index contributed by atoms with van der Waals surface area (Å²) >= 11 is 0. The number of rotatable bonds is 1. The normalized spacial score (nSPS) is 14.8. The number of piperidine rings is 1. The fourth-order valence-electron chi connectivity index (χ4n) is 2.05. The number of aromatic nitrogens is 1. The van der Waals surface area contributed by atoms with E-state index in [0.717, 1.165) is 19.5 Å². The molecule has 0 saturated carbocycles. The zero-order chi connectivity index (χ0) is 12.6. The number of hydrogen-bond donors (Lipinski definition) is 0. The van der Waals surface area contributed by atoms with Gasteiger partial charge in [-0.15, -0.1) is 0 Å². The van der Waals surface area contributed by atoms with Gasteiger partial charge in [0.1, 0.15) is 0 Å². The molecular weight excluding hydrogens is 224 g/mol. The Morgan fingerprint density at radius 3 is 2.33 bits per heavy atom. The van der Waals surface area contributed by atoms with Crippen LogP contribution in [0.3, 0.4) is 0 Å². The average Bonchev–Trinajstić information content (AvgIpc) is 2.49. The maximum absolute atomic E-state index is 10.1. The molecule has 3 nitrogen and oxygen atoms in total. The second kappa shape index (κ2) is 6.74. The van der Waals surface area contributed by atoms with Gasteiger partial charge in [0.2, 0.25) is 6.41 Å². The molecule has 1 aliphatic rings. The van der Waals surface area contributed by atoms with E-state index in [2.05, 4.69) is 17.1 Å². The number of pyridine rings is 1. The molecular formula is C15H18N2O. The lowest BCUT2D eigenvalue weighted by molar-refractivity contribution is -0.118. The molecule has 3 heteroatoms. The predicted molar refractivity (Wildman–Crippen MR) is 73.2 cm³/mol. The molecule has 94 valence electrons. The summed E-state index contributed by atoms with van der Waals surface area (Å²) in [5.41, 5.74) is 0. The second-order valence-electron chi connectivity index (χ2n) is 4.42. The first-order chi connectivity index (χ1) is 8.90. The lowest BCUT2D eigenvalue weighted by Gasteiger charge is -2.21. The van der Waals surface area contributed by atoms with E-state index in [1.807, 2.05) is 35.5 Å². The minimum Gasteiger partial charge on any atom is -0.345 e. The summed E-state index contributed by atoms with van der Waals surface area (Å²) in [6.07, 6.45) is 8.30. The summed E-state index contributed by atoms with van der Waals surface area (Å²) < 4.78 is 0. The molecule has 3 rings (SSSR count). The summed E-state index contributed by atoms with van der Waals surface area (Å²) in [6.45, 7) is 1.95. The van der Waals surface area contributed by atoms with E-state index in [9.17, 15) is 4.79 Å². The Morgan fingerprint density at radius 2 is 1.72 bits per heavy atom. The lowest BCUT2D eigenvalue weighted by Crippen LogP contribution is -2.27. The van der Waals surface area contributed by atoms with Crippen LogP contribution >= 0.6 is 0 Å². The van der Waals surface area contributed by atoms with Gasteiger partial charge in [-0.05, 0) is 36.1 Å². The smallest absolute Gasteiger partial charge is 0.209 e. The van der Waals surface area contributed by atoms with Crippen molar-refractivity contribution >= 4 is 17.2 Å². The van der Waals surface area contributed by atoms with Crippen LogP contribution < -0.4 is 0 Å². The number of fused-ring (bicyclic) bond motifs is 1. The van der Waals surface area contributed by atoms with Gasteiger partial charge in [0.15, 0.2) is 0 Å². The van der Waals surface area contributed by atoms with Gasteiger partial charge >= 0.3 is 0 Å². The van der Waals surface area contributed by atoms with Gasteiger partial charge < -0.3 is 4.90 Å². The van der Waals surface area contributed by atoms with Crippen LogP contribution in [0.5, 0.6) is 0 Å². The van der Waals surface area contributed by atoms with Crippen molar-refractivity contribution < 1.29 is 4.79 Å². The van der Waals surface area contributed by atoms with Crippen molar-refractivity contribution in [2.24, 2.45) is 0 Å². The maximum atomic E-state index is 10.1. The molecule has 0 spiro atoms. The van der Waals surface area contributed by atoms with Crippen LogP contribution in [0, 0.1) is 0 Å². The van der Waals surface area contributed by atoms with E-state index in [0.29, 0.717) is 0 Å². The van der Waals surface area contributed by atoms with E-state index >= 15 is 0 Å². The van der Waals surface area contributed by atoms with Crippen molar-refractivity contribution in [3.8, 4) is 0 Å². The molecule has 0 unspecified atom stereocenters. The van der Waals surface area contributed by atoms with E-state index in [4.69, 9.17) is 0 Å². The summed E-state index contributed by atoms with van der Waals surface area (Å²) in [4.78, 5) is 15.9. The molecule has 18 heavy (non-hydrogen) atoms. The molecule has 0 bridgehead atoms. The van der Waals surface area contributed by atoms with E-state index in [1.54, 1.807) is 0 Å². The highest BCUT2D eigenvalue weighted by Gasteiger charge is 2.05. The molecule has 0 radical (unpaired) electrons. The van der Waals surface area contributed by atoms with Crippen molar-refractivity contribution in [1.29, 1.82) is 0 Å². The van der Waals surface area contributed by atoms with E-state index in [1.165, 1.54) is 30.0 Å². The summed E-state index contributed by atoms with van der Waals surface area (Å²) in [5.74, 6) is 0. The largest absolute Gasteiger partial charge is 0.345 e. The monoisotopic (exact) mass is 242 g/mol. The Morgan fingerprint density at radius 1 is 1.00 bits per heavy atom. The van der Waals surface area contributed by atoms with Crippen molar-refractivity contribution in [2.75, 3.05) is 13.1 Å². The van der Waals surface area contributed by atoms with Gasteiger partial charge in [-0.2, -0.15) is 0 Å². The molecule has 2 aromatic rings. The van der Waals surface area contributed by atoms with Crippen LogP contribution in [0.1, 0.15) is 19.3 Å². The van der Waals surface area contributed by atoms with Gasteiger partial charge in [0.05, 0.1) is 0 Å². The minimum absolute atomic E-state index is 0.944. The Kier molecular flexibility index (Phi) is 4.70. The summed E-state index contributed by atoms with van der Waals surface area (Å²) in [5, 5.41) is 2.45. The quantitative estimate of drug-likeness (QED) is 0.720. The molecule has 1 saturated heterocycles. The predicted octanol–water partition coefficient (Wildman–Crippen LogP) is 2.86. The first-order valence-electron chi connectivity index (χ1n) is 6.38. The summed E-state index contributed by atoms with van der Waals surface area (Å²) in [6, 6.07) is 10.2. The van der Waals surface area contributed by atoms with Crippen molar-refractivity contribution in [2.45, 2.75) is 19.3 Å². The number of hydrogen-bond acceptors (Lipinski definition) is 2. The molecule has 1 fully saturated rings. The number of carbonyl (C=O) groups excluding carboxylic acids is 1. The van der Waals surface area contributed by atoms with Crippen LogP contribution in [0.25, 0.3) is 10.8 Å². The fourth-order valence-corrected chi connectivity index (χ4v) is 2.05. The van der Waals surface area contributed by atoms with Crippen LogP contribution in [0.2, 0.25) is 0 Å². The number of likely N-dealkylation sites (tertiary alicyclic amines) is 1. The molecule has 1 aliphatic heterocycles. The molecule has 0 N–H and O–H groups in total. The van der Waals surface area contributed by atoms with Gasteiger partial charge in [0, 0.05) is 25.5 Å². The van der Waals surface area contributed by atoms with Crippen LogP contribution in [0.15, 0.2) is 42.7 Å². The Hall–Kier alpha value is -1.90. The van der Waals surface area contributed by atoms with Gasteiger partial charge in [-0.25, -0.2) is 0 Å². The van der Waals surface area contributed by atoms with E-state index in [-0.39, 0.29) is 0 Å². The highest BCUT2D eigenvalue weighted by Crippen LogP contribution is 2.09. The number of benzene rings is 1. The third-order valence-electron chi connectivity index (χ3n) is 3.09. The van der Waals surface area contributed by atoms with Crippen LogP contribution in [-0.4, -0.2) is 29.4 Å². The molecule has 1 aromatic heterocycles. The zero-order valence-corrected chi connectivity index (χ0v) is 10.5.